The number of carbonyl (C=O) groups excluding carboxylic acids is 1. The normalized spacial score (nSPS) is 17.4. The van der Waals surface area contributed by atoms with Crippen LogP contribution in [0.5, 0.6) is 0 Å². The molecular formula is C15H14N2O4. The van der Waals surface area contributed by atoms with E-state index in [4.69, 9.17) is 4.42 Å². The van der Waals surface area contributed by atoms with E-state index < -0.39 is 17.9 Å². The molecule has 21 heavy (non-hydrogen) atoms. The number of oxazole rings is 1. The van der Waals surface area contributed by atoms with E-state index in [0.717, 1.165) is 11.1 Å². The number of carbonyl (C=O) groups is 2. The van der Waals surface area contributed by atoms with Gasteiger partial charge in [0.25, 0.3) is 5.91 Å². The molecule has 3 rings (SSSR count). The molecule has 6 nitrogen and oxygen atoms in total. The van der Waals surface area contributed by atoms with Crippen molar-refractivity contribution in [3.63, 3.8) is 0 Å². The van der Waals surface area contributed by atoms with E-state index in [1.165, 1.54) is 11.3 Å². The number of rotatable bonds is 2. The monoisotopic (exact) mass is 286 g/mol. The quantitative estimate of drug-likeness (QED) is 0.907. The third-order valence-electron chi connectivity index (χ3n) is 3.73. The van der Waals surface area contributed by atoms with Crippen molar-refractivity contribution >= 4 is 11.9 Å². The molecule has 1 unspecified atom stereocenters. The van der Waals surface area contributed by atoms with Crippen LogP contribution in [0.3, 0.4) is 0 Å². The van der Waals surface area contributed by atoms with Crippen LogP contribution in [0.25, 0.3) is 0 Å². The molecule has 1 aromatic heterocycles. The molecule has 0 spiro atoms. The lowest BCUT2D eigenvalue weighted by atomic mass is 9.93. The van der Waals surface area contributed by atoms with Crippen LogP contribution in [0.15, 0.2) is 35.1 Å². The number of hydrogen-bond acceptors (Lipinski definition) is 4. The molecule has 0 aliphatic carbocycles. The molecule has 0 saturated carbocycles. The summed E-state index contributed by atoms with van der Waals surface area (Å²) >= 11 is 0. The van der Waals surface area contributed by atoms with Gasteiger partial charge in [-0.15, -0.1) is 0 Å². The van der Waals surface area contributed by atoms with Gasteiger partial charge in [0.2, 0.25) is 5.76 Å². The first-order chi connectivity index (χ1) is 10.1. The zero-order chi connectivity index (χ0) is 15.0. The molecular weight excluding hydrogens is 272 g/mol. The van der Waals surface area contributed by atoms with Gasteiger partial charge in [0.05, 0.1) is 5.69 Å². The van der Waals surface area contributed by atoms with Crippen molar-refractivity contribution in [3.8, 4) is 0 Å². The second-order valence-electron chi connectivity index (χ2n) is 5.03. The van der Waals surface area contributed by atoms with Crippen molar-refractivity contribution in [2.45, 2.75) is 25.9 Å². The Morgan fingerprint density at radius 3 is 2.67 bits per heavy atom. The number of nitrogens with zero attached hydrogens (tertiary/aromatic N) is 2. The molecule has 0 radical (unpaired) electrons. The molecule has 1 atom stereocenters. The summed E-state index contributed by atoms with van der Waals surface area (Å²) in [7, 11) is 0. The van der Waals surface area contributed by atoms with Crippen LogP contribution in [0.2, 0.25) is 0 Å². The van der Waals surface area contributed by atoms with Crippen LogP contribution in [-0.2, 0) is 17.8 Å². The summed E-state index contributed by atoms with van der Waals surface area (Å²) in [6.07, 6.45) is 1.49. The number of aryl methyl sites for hydroxylation is 1. The van der Waals surface area contributed by atoms with E-state index in [1.54, 1.807) is 6.92 Å². The molecule has 2 aromatic rings. The van der Waals surface area contributed by atoms with E-state index >= 15 is 0 Å². The van der Waals surface area contributed by atoms with Gasteiger partial charge in [0, 0.05) is 13.0 Å². The van der Waals surface area contributed by atoms with Gasteiger partial charge in [-0.05, 0) is 18.1 Å². The van der Waals surface area contributed by atoms with Crippen LogP contribution >= 0.6 is 0 Å². The van der Waals surface area contributed by atoms with E-state index in [9.17, 15) is 14.7 Å². The molecule has 1 amide bonds. The number of carboxylic acids is 1. The summed E-state index contributed by atoms with van der Waals surface area (Å²) in [5, 5.41) is 9.41. The second-order valence-corrected chi connectivity index (χ2v) is 5.03. The van der Waals surface area contributed by atoms with Crippen LogP contribution in [0, 0.1) is 6.92 Å². The predicted octanol–water partition coefficient (Wildman–Crippen LogP) is 1.63. The first kappa shape index (κ1) is 13.4. The van der Waals surface area contributed by atoms with Crippen LogP contribution < -0.4 is 0 Å². The highest BCUT2D eigenvalue weighted by Gasteiger charge is 2.36. The molecule has 108 valence electrons. The van der Waals surface area contributed by atoms with Crippen molar-refractivity contribution in [3.05, 3.63) is 53.2 Å². The Bertz CT molecular complexity index is 707. The summed E-state index contributed by atoms with van der Waals surface area (Å²) in [4.78, 5) is 29.2. The molecule has 2 heterocycles. The molecule has 0 saturated heterocycles. The lowest BCUT2D eigenvalue weighted by molar-refractivity contribution is -0.142. The van der Waals surface area contributed by atoms with E-state index in [1.807, 2.05) is 24.3 Å². The average molecular weight is 286 g/mol. The van der Waals surface area contributed by atoms with Crippen molar-refractivity contribution in [2.24, 2.45) is 0 Å². The molecule has 1 aliphatic heterocycles. The number of aliphatic carboxylic acids is 1. The summed E-state index contributed by atoms with van der Waals surface area (Å²) in [6, 6.07) is 6.66. The molecule has 1 N–H and O–H groups in total. The summed E-state index contributed by atoms with van der Waals surface area (Å²) in [5.41, 5.74) is 2.38. The maximum atomic E-state index is 12.5. The fourth-order valence-electron chi connectivity index (χ4n) is 2.59. The molecule has 1 aliphatic rings. The standard InChI is InChI=1S/C15H14N2O4/c1-9-13(21-8-16-9)14(18)17-7-11-5-3-2-4-10(11)6-12(17)15(19)20/h2-5,8,12H,6-7H2,1H3,(H,19,20). The maximum Gasteiger partial charge on any atom is 0.326 e. The third-order valence-corrected chi connectivity index (χ3v) is 3.73. The number of benzene rings is 1. The molecule has 6 heteroatoms. The first-order valence-corrected chi connectivity index (χ1v) is 6.58. The predicted molar refractivity (Wildman–Crippen MR) is 72.7 cm³/mol. The number of aromatic nitrogens is 1. The largest absolute Gasteiger partial charge is 0.480 e. The molecule has 1 aromatic carbocycles. The average Bonchev–Trinajstić information content (AvgIpc) is 2.91. The zero-order valence-electron chi connectivity index (χ0n) is 11.4. The first-order valence-electron chi connectivity index (χ1n) is 6.58. The molecule has 0 bridgehead atoms. The minimum Gasteiger partial charge on any atom is -0.480 e. The Morgan fingerprint density at radius 2 is 2.05 bits per heavy atom. The maximum absolute atomic E-state index is 12.5. The highest BCUT2D eigenvalue weighted by atomic mass is 16.4. The topological polar surface area (TPSA) is 83.6 Å². The zero-order valence-corrected chi connectivity index (χ0v) is 11.4. The van der Waals surface area contributed by atoms with Gasteiger partial charge in [-0.3, -0.25) is 4.79 Å². The van der Waals surface area contributed by atoms with Crippen molar-refractivity contribution in [1.29, 1.82) is 0 Å². The fraction of sp³-hybridized carbons (Fsp3) is 0.267. The minimum absolute atomic E-state index is 0.0978. The number of hydrogen-bond donors (Lipinski definition) is 1. The number of fused-ring (bicyclic) bond motifs is 1. The summed E-state index contributed by atoms with van der Waals surface area (Å²) < 4.78 is 5.10. The Balaban J connectivity index is 1.98. The van der Waals surface area contributed by atoms with Gasteiger partial charge in [-0.1, -0.05) is 24.3 Å². The van der Waals surface area contributed by atoms with Crippen molar-refractivity contribution in [2.75, 3.05) is 0 Å². The van der Waals surface area contributed by atoms with E-state index in [2.05, 4.69) is 4.98 Å². The number of amides is 1. The SMILES string of the molecule is Cc1ncoc1C(=O)N1Cc2ccccc2CC1C(=O)O. The third kappa shape index (κ3) is 2.29. The van der Waals surface area contributed by atoms with E-state index in [0.29, 0.717) is 12.1 Å². The van der Waals surface area contributed by atoms with Crippen LogP contribution in [0.1, 0.15) is 27.4 Å². The van der Waals surface area contributed by atoms with Gasteiger partial charge in [0.1, 0.15) is 6.04 Å². The van der Waals surface area contributed by atoms with Gasteiger partial charge >= 0.3 is 5.97 Å². The lowest BCUT2D eigenvalue weighted by Crippen LogP contribution is -2.48. The van der Waals surface area contributed by atoms with Crippen LogP contribution in [0.4, 0.5) is 0 Å². The van der Waals surface area contributed by atoms with Crippen molar-refractivity contribution in [1.82, 2.24) is 9.88 Å². The van der Waals surface area contributed by atoms with Crippen LogP contribution in [-0.4, -0.2) is 32.9 Å². The van der Waals surface area contributed by atoms with Crippen molar-refractivity contribution < 1.29 is 19.1 Å². The Kier molecular flexibility index (Phi) is 3.21. The lowest BCUT2D eigenvalue weighted by Gasteiger charge is -2.33. The fourth-order valence-corrected chi connectivity index (χ4v) is 2.59. The minimum atomic E-state index is -1.02. The second kappa shape index (κ2) is 5.05. The molecule has 0 fully saturated rings. The highest BCUT2D eigenvalue weighted by molar-refractivity contribution is 5.95. The Labute approximate surface area is 121 Å². The van der Waals surface area contributed by atoms with Gasteiger partial charge in [-0.25, -0.2) is 9.78 Å². The summed E-state index contributed by atoms with van der Waals surface area (Å²) in [5.74, 6) is -1.36. The van der Waals surface area contributed by atoms with Gasteiger partial charge in [0.15, 0.2) is 6.39 Å². The Morgan fingerprint density at radius 1 is 1.33 bits per heavy atom. The van der Waals surface area contributed by atoms with Gasteiger partial charge < -0.3 is 14.4 Å². The summed E-state index contributed by atoms with van der Waals surface area (Å²) in [6.45, 7) is 1.91. The van der Waals surface area contributed by atoms with E-state index in [-0.39, 0.29) is 12.3 Å². The number of carboxylic acid groups (broad SMARTS) is 1. The highest BCUT2D eigenvalue weighted by Crippen LogP contribution is 2.25. The smallest absolute Gasteiger partial charge is 0.326 e. The Hall–Kier alpha value is -2.63. The van der Waals surface area contributed by atoms with Gasteiger partial charge in [-0.2, -0.15) is 0 Å².